The third-order valence-electron chi connectivity index (χ3n) is 6.28. The molecule has 1 heterocycles. The van der Waals surface area contributed by atoms with Crippen LogP contribution in [0, 0.1) is 5.82 Å². The van der Waals surface area contributed by atoms with E-state index < -0.39 is 0 Å². The van der Waals surface area contributed by atoms with Crippen molar-refractivity contribution in [3.8, 4) is 0 Å². The van der Waals surface area contributed by atoms with Crippen LogP contribution in [-0.2, 0) is 11.3 Å². The molecule has 1 aliphatic rings. The van der Waals surface area contributed by atoms with Crippen molar-refractivity contribution in [2.24, 2.45) is 0 Å². The number of likely N-dealkylation sites (N-methyl/N-ethyl adjacent to an activating group) is 1. The number of nitrogens with zero attached hydrogens (tertiary/aromatic N) is 3. The summed E-state index contributed by atoms with van der Waals surface area (Å²) in [7, 11) is 0. The van der Waals surface area contributed by atoms with Crippen LogP contribution in [0.5, 0.6) is 0 Å². The summed E-state index contributed by atoms with van der Waals surface area (Å²) in [4.78, 5) is 19.6. The summed E-state index contributed by atoms with van der Waals surface area (Å²) in [6.45, 7) is 11.2. The van der Waals surface area contributed by atoms with E-state index in [2.05, 4.69) is 41.0 Å². The van der Waals surface area contributed by atoms with Gasteiger partial charge in [0.2, 0.25) is 5.91 Å². The van der Waals surface area contributed by atoms with Crippen LogP contribution in [0.2, 0.25) is 0 Å². The predicted octanol–water partition coefficient (Wildman–Crippen LogP) is 5.06. The van der Waals surface area contributed by atoms with E-state index in [0.717, 1.165) is 31.7 Å². The molecule has 1 unspecified atom stereocenters. The van der Waals surface area contributed by atoms with Crippen LogP contribution in [0.25, 0.3) is 0 Å². The third-order valence-corrected chi connectivity index (χ3v) is 6.28. The highest BCUT2D eigenvalue weighted by atomic mass is 19.1. The van der Waals surface area contributed by atoms with Crippen LogP contribution < -0.4 is 0 Å². The number of hydrogen-bond acceptors (Lipinski definition) is 3. The van der Waals surface area contributed by atoms with Gasteiger partial charge in [-0.25, -0.2) is 4.39 Å². The van der Waals surface area contributed by atoms with Crippen molar-refractivity contribution in [3.63, 3.8) is 0 Å². The molecule has 0 bridgehead atoms. The zero-order chi connectivity index (χ0) is 23.6. The minimum atomic E-state index is -0.225. The van der Waals surface area contributed by atoms with Crippen molar-refractivity contribution in [1.29, 1.82) is 0 Å². The number of carbonyl (C=O) groups excluding carboxylic acids is 1. The van der Waals surface area contributed by atoms with Crippen molar-refractivity contribution in [2.45, 2.75) is 33.4 Å². The number of allylic oxidation sites excluding steroid dienone is 2. The number of amides is 1. The highest BCUT2D eigenvalue weighted by molar-refractivity contribution is 5.78. The van der Waals surface area contributed by atoms with Crippen molar-refractivity contribution >= 4 is 5.91 Å². The molecule has 0 saturated carbocycles. The molecule has 33 heavy (non-hydrogen) atoms. The monoisotopic (exact) mass is 449 g/mol. The quantitative estimate of drug-likeness (QED) is 0.501. The molecule has 1 atom stereocenters. The molecule has 1 saturated heterocycles. The number of carbonyl (C=O) groups is 1. The molecule has 3 rings (SSSR count). The number of rotatable bonds is 9. The van der Waals surface area contributed by atoms with Crippen LogP contribution in [0.4, 0.5) is 4.39 Å². The van der Waals surface area contributed by atoms with E-state index >= 15 is 0 Å². The minimum Gasteiger partial charge on any atom is -0.339 e. The Hall–Kier alpha value is -2.76. The second-order valence-corrected chi connectivity index (χ2v) is 8.45. The molecule has 0 aliphatic carbocycles. The first kappa shape index (κ1) is 24.9. The van der Waals surface area contributed by atoms with Crippen LogP contribution >= 0.6 is 0 Å². The Bertz CT molecular complexity index is 931. The smallest absolute Gasteiger partial charge is 0.236 e. The molecule has 176 valence electrons. The lowest BCUT2D eigenvalue weighted by molar-refractivity contribution is -0.134. The minimum absolute atomic E-state index is 0.0503. The average molecular weight is 450 g/mol. The molecule has 0 spiro atoms. The largest absolute Gasteiger partial charge is 0.339 e. The van der Waals surface area contributed by atoms with E-state index in [9.17, 15) is 9.18 Å². The van der Waals surface area contributed by atoms with Gasteiger partial charge in [-0.15, -0.1) is 0 Å². The van der Waals surface area contributed by atoms with Gasteiger partial charge in [0.1, 0.15) is 5.82 Å². The summed E-state index contributed by atoms with van der Waals surface area (Å²) in [5, 5.41) is 0. The molecular formula is C28H36FN3O. The van der Waals surface area contributed by atoms with E-state index in [4.69, 9.17) is 0 Å². The van der Waals surface area contributed by atoms with Gasteiger partial charge in [-0.1, -0.05) is 67.6 Å². The van der Waals surface area contributed by atoms with Gasteiger partial charge >= 0.3 is 0 Å². The Morgan fingerprint density at radius 3 is 2.27 bits per heavy atom. The molecule has 1 aliphatic heterocycles. The van der Waals surface area contributed by atoms with Crippen molar-refractivity contribution < 1.29 is 9.18 Å². The molecule has 1 amide bonds. The topological polar surface area (TPSA) is 26.8 Å². The first-order valence-corrected chi connectivity index (χ1v) is 11.9. The van der Waals surface area contributed by atoms with E-state index in [1.165, 1.54) is 23.3 Å². The first-order valence-electron chi connectivity index (χ1n) is 11.9. The van der Waals surface area contributed by atoms with E-state index in [1.54, 1.807) is 0 Å². The second kappa shape index (κ2) is 12.5. The summed E-state index contributed by atoms with van der Waals surface area (Å²) in [5.41, 5.74) is 3.48. The van der Waals surface area contributed by atoms with Crippen LogP contribution in [0.1, 0.15) is 37.9 Å². The van der Waals surface area contributed by atoms with E-state index in [0.29, 0.717) is 19.6 Å². The fourth-order valence-electron chi connectivity index (χ4n) is 4.44. The molecule has 0 radical (unpaired) electrons. The lowest BCUT2D eigenvalue weighted by atomic mass is 9.95. The van der Waals surface area contributed by atoms with Crippen LogP contribution in [0.15, 0.2) is 78.4 Å². The lowest BCUT2D eigenvalue weighted by Gasteiger charge is -2.40. The summed E-state index contributed by atoms with van der Waals surface area (Å²) in [5.74, 6) is -0.0394. The normalized spacial score (nSPS) is 16.5. The van der Waals surface area contributed by atoms with Gasteiger partial charge in [0.05, 0.1) is 12.6 Å². The Balaban J connectivity index is 1.64. The fraction of sp³-hybridized carbons (Fsp3) is 0.393. The molecule has 5 heteroatoms. The molecular weight excluding hydrogens is 413 g/mol. The zero-order valence-electron chi connectivity index (χ0n) is 20.1. The van der Waals surface area contributed by atoms with E-state index in [1.807, 2.05) is 55.2 Å². The molecule has 0 N–H and O–H groups in total. The highest BCUT2D eigenvalue weighted by Crippen LogP contribution is 2.30. The van der Waals surface area contributed by atoms with Gasteiger partial charge in [0, 0.05) is 32.7 Å². The zero-order valence-corrected chi connectivity index (χ0v) is 20.1. The number of halogens is 1. The van der Waals surface area contributed by atoms with Gasteiger partial charge in [0.15, 0.2) is 0 Å². The molecule has 2 aromatic carbocycles. The second-order valence-electron chi connectivity index (χ2n) is 8.45. The van der Waals surface area contributed by atoms with Gasteiger partial charge < -0.3 is 4.90 Å². The molecule has 1 fully saturated rings. The van der Waals surface area contributed by atoms with Crippen LogP contribution in [-0.4, -0.2) is 59.9 Å². The molecule has 4 nitrogen and oxygen atoms in total. The Kier molecular flexibility index (Phi) is 9.40. The molecule has 2 aromatic rings. The van der Waals surface area contributed by atoms with Gasteiger partial charge in [-0.3, -0.25) is 14.6 Å². The highest BCUT2D eigenvalue weighted by Gasteiger charge is 2.29. The third kappa shape index (κ3) is 6.86. The number of benzene rings is 2. The van der Waals surface area contributed by atoms with Gasteiger partial charge in [0.25, 0.3) is 0 Å². The Morgan fingerprint density at radius 1 is 1.03 bits per heavy atom. The fourth-order valence-corrected chi connectivity index (χ4v) is 4.44. The van der Waals surface area contributed by atoms with Crippen LogP contribution in [0.3, 0.4) is 0 Å². The van der Waals surface area contributed by atoms with Crippen molar-refractivity contribution in [1.82, 2.24) is 14.7 Å². The van der Waals surface area contributed by atoms with Crippen molar-refractivity contribution in [3.05, 3.63) is 95.3 Å². The summed E-state index contributed by atoms with van der Waals surface area (Å²) < 4.78 is 13.5. The maximum absolute atomic E-state index is 13.5. The first-order chi connectivity index (χ1) is 16.0. The summed E-state index contributed by atoms with van der Waals surface area (Å²) in [6.07, 6.45) is 6.28. The van der Waals surface area contributed by atoms with Crippen molar-refractivity contribution in [2.75, 3.05) is 39.3 Å². The Morgan fingerprint density at radius 2 is 1.70 bits per heavy atom. The standard InChI is InChI=1S/C28H36FN3O/c1-4-10-24(5-2)28(25-13-15-26(29)16-14-25)32-19-17-31(18-20-32)27(33)22-30(6-3)21-23-11-8-7-9-12-23/h4-5,7-16,28H,6,17-22H2,1-3H3/b10-4-,24-5+. The van der Waals surface area contributed by atoms with E-state index in [-0.39, 0.29) is 17.8 Å². The Labute approximate surface area is 198 Å². The lowest BCUT2D eigenvalue weighted by Crippen LogP contribution is -2.52. The molecule has 0 aromatic heterocycles. The number of hydrogen-bond donors (Lipinski definition) is 0. The summed E-state index contributed by atoms with van der Waals surface area (Å²) in [6, 6.07) is 17.1. The maximum atomic E-state index is 13.5. The number of piperazine rings is 1. The SMILES string of the molecule is C/C=C\C(=C/C)C(c1ccc(F)cc1)N1CCN(C(=O)CN(CC)Cc2ccccc2)CC1. The van der Waals surface area contributed by atoms with Gasteiger partial charge in [-0.05, 0) is 49.2 Å². The average Bonchev–Trinajstić information content (AvgIpc) is 2.85. The maximum Gasteiger partial charge on any atom is 0.236 e. The predicted molar refractivity (Wildman–Crippen MR) is 133 cm³/mol. The van der Waals surface area contributed by atoms with Gasteiger partial charge in [-0.2, -0.15) is 0 Å². The summed E-state index contributed by atoms with van der Waals surface area (Å²) >= 11 is 0.